The van der Waals surface area contributed by atoms with Crippen LogP contribution in [0.5, 0.6) is 0 Å². The van der Waals surface area contributed by atoms with E-state index >= 15 is 0 Å². The molecule has 0 spiro atoms. The lowest BCUT2D eigenvalue weighted by Crippen LogP contribution is -2.48. The highest BCUT2D eigenvalue weighted by Crippen LogP contribution is 2.15. The smallest absolute Gasteiger partial charge is 0.254 e. The first-order valence-corrected chi connectivity index (χ1v) is 8.69. The number of aryl methyl sites for hydroxylation is 2. The second-order valence-corrected chi connectivity index (χ2v) is 6.65. The van der Waals surface area contributed by atoms with Crippen LogP contribution >= 0.6 is 0 Å². The van der Waals surface area contributed by atoms with Crippen LogP contribution in [0.1, 0.15) is 35.3 Å². The summed E-state index contributed by atoms with van der Waals surface area (Å²) in [5.74, 6) is 0.103. The summed E-state index contributed by atoms with van der Waals surface area (Å²) >= 11 is 0. The standard InChI is InChI=1S/C21H25NO2/c1-16-14-22(15-17(2)24-16)21(23)20-12-10-19(11-13-20)9-8-18-6-4-3-5-7-18/h3-7,10-13,16-17H,8-9,14-15H2,1-2H3/t16-,17+. The van der Waals surface area contributed by atoms with Gasteiger partial charge in [0.1, 0.15) is 0 Å². The Morgan fingerprint density at radius 2 is 1.46 bits per heavy atom. The van der Waals surface area contributed by atoms with Gasteiger partial charge in [-0.25, -0.2) is 0 Å². The average molecular weight is 323 g/mol. The molecule has 24 heavy (non-hydrogen) atoms. The second kappa shape index (κ2) is 7.63. The van der Waals surface area contributed by atoms with Gasteiger partial charge < -0.3 is 9.64 Å². The van der Waals surface area contributed by atoms with E-state index in [2.05, 4.69) is 36.4 Å². The van der Waals surface area contributed by atoms with Crippen molar-refractivity contribution in [2.45, 2.75) is 38.9 Å². The minimum Gasteiger partial charge on any atom is -0.372 e. The maximum atomic E-state index is 12.7. The van der Waals surface area contributed by atoms with Crippen LogP contribution in [0.4, 0.5) is 0 Å². The number of amides is 1. The van der Waals surface area contributed by atoms with Crippen LogP contribution in [0.3, 0.4) is 0 Å². The van der Waals surface area contributed by atoms with Crippen molar-refractivity contribution in [2.75, 3.05) is 13.1 Å². The molecule has 1 saturated heterocycles. The number of carbonyl (C=O) groups is 1. The van der Waals surface area contributed by atoms with Gasteiger partial charge in [0.15, 0.2) is 0 Å². The first-order chi connectivity index (χ1) is 11.6. The van der Waals surface area contributed by atoms with E-state index in [1.54, 1.807) is 0 Å². The van der Waals surface area contributed by atoms with E-state index in [9.17, 15) is 4.79 Å². The lowest BCUT2D eigenvalue weighted by atomic mass is 10.0. The summed E-state index contributed by atoms with van der Waals surface area (Å²) in [7, 11) is 0. The molecule has 0 bridgehead atoms. The van der Waals surface area contributed by atoms with Crippen molar-refractivity contribution in [1.82, 2.24) is 4.90 Å². The molecular formula is C21H25NO2. The van der Waals surface area contributed by atoms with Gasteiger partial charge in [0.25, 0.3) is 5.91 Å². The second-order valence-electron chi connectivity index (χ2n) is 6.65. The molecule has 1 amide bonds. The fourth-order valence-electron chi connectivity index (χ4n) is 3.27. The van der Waals surface area contributed by atoms with E-state index in [0.717, 1.165) is 18.4 Å². The normalized spacial score (nSPS) is 20.8. The SMILES string of the molecule is C[C@@H]1CN(C(=O)c2ccc(CCc3ccccc3)cc2)C[C@H](C)O1. The van der Waals surface area contributed by atoms with E-state index in [0.29, 0.717) is 13.1 Å². The Bertz CT molecular complexity index is 656. The van der Waals surface area contributed by atoms with Crippen molar-refractivity contribution in [1.29, 1.82) is 0 Å². The molecule has 3 rings (SSSR count). The van der Waals surface area contributed by atoms with Crippen molar-refractivity contribution in [3.8, 4) is 0 Å². The van der Waals surface area contributed by atoms with Crippen molar-refractivity contribution in [3.05, 3.63) is 71.3 Å². The zero-order valence-corrected chi connectivity index (χ0v) is 14.4. The van der Waals surface area contributed by atoms with E-state index in [1.807, 2.05) is 36.9 Å². The van der Waals surface area contributed by atoms with Gasteiger partial charge in [-0.3, -0.25) is 4.79 Å². The number of rotatable bonds is 4. The number of carbonyl (C=O) groups excluding carboxylic acids is 1. The third kappa shape index (κ3) is 4.24. The van der Waals surface area contributed by atoms with Gasteiger partial charge in [0, 0.05) is 18.7 Å². The van der Waals surface area contributed by atoms with Crippen LogP contribution < -0.4 is 0 Å². The Hall–Kier alpha value is -2.13. The molecule has 1 aliphatic heterocycles. The molecule has 0 saturated carbocycles. The minimum absolute atomic E-state index is 0.0999. The maximum absolute atomic E-state index is 12.7. The predicted molar refractivity (Wildman–Crippen MR) is 96.2 cm³/mol. The highest BCUT2D eigenvalue weighted by atomic mass is 16.5. The average Bonchev–Trinajstić information content (AvgIpc) is 2.60. The highest BCUT2D eigenvalue weighted by Gasteiger charge is 2.26. The summed E-state index contributed by atoms with van der Waals surface area (Å²) in [5.41, 5.74) is 3.37. The quantitative estimate of drug-likeness (QED) is 0.858. The van der Waals surface area contributed by atoms with Crippen molar-refractivity contribution < 1.29 is 9.53 Å². The molecule has 0 aliphatic carbocycles. The molecule has 3 heteroatoms. The maximum Gasteiger partial charge on any atom is 0.254 e. The molecule has 0 radical (unpaired) electrons. The Kier molecular flexibility index (Phi) is 5.31. The van der Waals surface area contributed by atoms with Crippen LogP contribution in [0.2, 0.25) is 0 Å². The highest BCUT2D eigenvalue weighted by molar-refractivity contribution is 5.94. The Labute approximate surface area is 144 Å². The number of morpholine rings is 1. The Balaban J connectivity index is 1.60. The van der Waals surface area contributed by atoms with E-state index in [4.69, 9.17) is 4.74 Å². The topological polar surface area (TPSA) is 29.5 Å². The third-order valence-corrected chi connectivity index (χ3v) is 4.45. The summed E-state index contributed by atoms with van der Waals surface area (Å²) in [6.45, 7) is 5.36. The van der Waals surface area contributed by atoms with Gasteiger partial charge in [0.05, 0.1) is 12.2 Å². The molecule has 0 aromatic heterocycles. The summed E-state index contributed by atoms with van der Waals surface area (Å²) in [4.78, 5) is 14.6. The van der Waals surface area contributed by atoms with Gasteiger partial charge >= 0.3 is 0 Å². The van der Waals surface area contributed by atoms with Crippen LogP contribution in [-0.2, 0) is 17.6 Å². The predicted octanol–water partition coefficient (Wildman–Crippen LogP) is 3.72. The Morgan fingerprint density at radius 1 is 0.917 bits per heavy atom. The van der Waals surface area contributed by atoms with Crippen LogP contribution in [0.15, 0.2) is 54.6 Å². The van der Waals surface area contributed by atoms with Gasteiger partial charge in [-0.2, -0.15) is 0 Å². The largest absolute Gasteiger partial charge is 0.372 e. The van der Waals surface area contributed by atoms with Crippen molar-refractivity contribution in [3.63, 3.8) is 0 Å². The first kappa shape index (κ1) is 16.7. The first-order valence-electron chi connectivity index (χ1n) is 8.69. The van der Waals surface area contributed by atoms with Crippen LogP contribution in [0, 0.1) is 0 Å². The molecule has 126 valence electrons. The monoisotopic (exact) mass is 323 g/mol. The number of ether oxygens (including phenoxy) is 1. The molecule has 3 nitrogen and oxygen atoms in total. The van der Waals surface area contributed by atoms with Gasteiger partial charge in [-0.05, 0) is 49.9 Å². The molecule has 0 N–H and O–H groups in total. The molecule has 1 heterocycles. The lowest BCUT2D eigenvalue weighted by Gasteiger charge is -2.35. The van der Waals surface area contributed by atoms with E-state index < -0.39 is 0 Å². The third-order valence-electron chi connectivity index (χ3n) is 4.45. The van der Waals surface area contributed by atoms with Crippen molar-refractivity contribution in [2.24, 2.45) is 0 Å². The lowest BCUT2D eigenvalue weighted by molar-refractivity contribution is -0.0586. The molecule has 0 unspecified atom stereocenters. The van der Waals surface area contributed by atoms with Crippen LogP contribution in [-0.4, -0.2) is 36.1 Å². The number of hydrogen-bond donors (Lipinski definition) is 0. The molecular weight excluding hydrogens is 298 g/mol. The molecule has 2 atom stereocenters. The fourth-order valence-corrected chi connectivity index (χ4v) is 3.27. The minimum atomic E-state index is 0.0999. The molecule has 1 fully saturated rings. The summed E-state index contributed by atoms with van der Waals surface area (Å²) < 4.78 is 5.70. The zero-order chi connectivity index (χ0) is 16.9. The van der Waals surface area contributed by atoms with Gasteiger partial charge in [-0.15, -0.1) is 0 Å². The van der Waals surface area contributed by atoms with E-state index in [1.165, 1.54) is 11.1 Å². The summed E-state index contributed by atoms with van der Waals surface area (Å²) in [5, 5.41) is 0. The van der Waals surface area contributed by atoms with Gasteiger partial charge in [-0.1, -0.05) is 42.5 Å². The van der Waals surface area contributed by atoms with E-state index in [-0.39, 0.29) is 18.1 Å². The fraction of sp³-hybridized carbons (Fsp3) is 0.381. The number of hydrogen-bond acceptors (Lipinski definition) is 2. The summed E-state index contributed by atoms with van der Waals surface area (Å²) in [6.07, 6.45) is 2.21. The molecule has 2 aromatic carbocycles. The zero-order valence-electron chi connectivity index (χ0n) is 14.4. The van der Waals surface area contributed by atoms with Gasteiger partial charge in [0.2, 0.25) is 0 Å². The molecule has 2 aromatic rings. The molecule has 1 aliphatic rings. The van der Waals surface area contributed by atoms with Crippen LogP contribution in [0.25, 0.3) is 0 Å². The number of benzene rings is 2. The summed E-state index contributed by atoms with van der Waals surface area (Å²) in [6, 6.07) is 18.5. The van der Waals surface area contributed by atoms with Crippen molar-refractivity contribution >= 4 is 5.91 Å². The number of nitrogens with zero attached hydrogens (tertiary/aromatic N) is 1. The Morgan fingerprint density at radius 3 is 2.04 bits per heavy atom.